The summed E-state index contributed by atoms with van der Waals surface area (Å²) >= 11 is 0. The summed E-state index contributed by atoms with van der Waals surface area (Å²) in [5, 5.41) is 0. The van der Waals surface area contributed by atoms with Crippen molar-refractivity contribution in [1.29, 1.82) is 0 Å². The average molecular weight is 167 g/mol. The van der Waals surface area contributed by atoms with Crippen LogP contribution in [-0.4, -0.2) is 6.54 Å². The summed E-state index contributed by atoms with van der Waals surface area (Å²) in [4.78, 5) is 0. The monoisotopic (exact) mass is 167 g/mol. The molecule has 0 aromatic rings. The Kier molecular flexibility index (Phi) is 1.76. The number of nitrogens with two attached hydrogens (primary N) is 1. The van der Waals surface area contributed by atoms with Crippen LogP contribution in [0.1, 0.15) is 33.6 Å². The van der Waals surface area contributed by atoms with Crippen LogP contribution in [0.5, 0.6) is 0 Å². The minimum atomic E-state index is 0.630. The van der Waals surface area contributed by atoms with E-state index < -0.39 is 0 Å². The molecular weight excluding hydrogens is 146 g/mol. The second kappa shape index (κ2) is 2.47. The van der Waals surface area contributed by atoms with E-state index in [-0.39, 0.29) is 0 Å². The quantitative estimate of drug-likeness (QED) is 0.637. The predicted octanol–water partition coefficient (Wildman–Crippen LogP) is 2.26. The molecule has 2 bridgehead atoms. The Labute approximate surface area is 75.7 Å². The lowest BCUT2D eigenvalue weighted by atomic mass is 9.43. The first-order valence-corrected chi connectivity index (χ1v) is 5.27. The molecule has 0 radical (unpaired) electrons. The molecule has 0 amide bonds. The Balaban J connectivity index is 2.11. The van der Waals surface area contributed by atoms with Crippen molar-refractivity contribution in [3.05, 3.63) is 0 Å². The molecule has 3 fully saturated rings. The third-order valence-electron chi connectivity index (χ3n) is 4.81. The molecule has 3 rings (SSSR count). The Morgan fingerprint density at radius 3 is 2.42 bits per heavy atom. The van der Waals surface area contributed by atoms with Gasteiger partial charge in [-0.15, -0.1) is 0 Å². The van der Waals surface area contributed by atoms with Gasteiger partial charge in [0, 0.05) is 0 Å². The lowest BCUT2D eigenvalue weighted by Gasteiger charge is -2.62. The van der Waals surface area contributed by atoms with Crippen LogP contribution in [0.4, 0.5) is 0 Å². The molecule has 3 aliphatic carbocycles. The molecular formula is C11H21N. The van der Waals surface area contributed by atoms with Crippen molar-refractivity contribution >= 4 is 0 Å². The minimum absolute atomic E-state index is 0.630. The fourth-order valence-electron chi connectivity index (χ4n) is 3.57. The molecule has 4 atom stereocenters. The largest absolute Gasteiger partial charge is 0.330 e. The summed E-state index contributed by atoms with van der Waals surface area (Å²) in [6, 6.07) is 0. The molecule has 1 nitrogen and oxygen atoms in total. The van der Waals surface area contributed by atoms with Crippen LogP contribution in [0.3, 0.4) is 0 Å². The van der Waals surface area contributed by atoms with E-state index >= 15 is 0 Å². The number of fused-ring (bicyclic) bond motifs is 2. The van der Waals surface area contributed by atoms with Gasteiger partial charge in [-0.3, -0.25) is 0 Å². The Hall–Kier alpha value is -0.0400. The Morgan fingerprint density at radius 2 is 2.00 bits per heavy atom. The Bertz CT molecular complexity index is 185. The number of rotatable bonds is 1. The van der Waals surface area contributed by atoms with Crippen molar-refractivity contribution in [1.82, 2.24) is 0 Å². The van der Waals surface area contributed by atoms with Gasteiger partial charge in [-0.05, 0) is 48.5 Å². The molecule has 3 saturated carbocycles. The maximum Gasteiger partial charge on any atom is -0.00461 e. The molecule has 0 aromatic heterocycles. The predicted molar refractivity (Wildman–Crippen MR) is 51.7 cm³/mol. The van der Waals surface area contributed by atoms with Crippen LogP contribution in [0.15, 0.2) is 0 Å². The lowest BCUT2D eigenvalue weighted by Crippen LogP contribution is -2.56. The highest BCUT2D eigenvalue weighted by molar-refractivity contribution is 5.04. The maximum absolute atomic E-state index is 5.77. The molecule has 3 aliphatic rings. The van der Waals surface area contributed by atoms with Gasteiger partial charge in [-0.2, -0.15) is 0 Å². The number of hydrogen-bond donors (Lipinski definition) is 1. The van der Waals surface area contributed by atoms with Crippen molar-refractivity contribution < 1.29 is 0 Å². The highest BCUT2D eigenvalue weighted by Crippen LogP contribution is 2.62. The second-order valence-corrected chi connectivity index (χ2v) is 5.45. The van der Waals surface area contributed by atoms with Crippen LogP contribution in [-0.2, 0) is 0 Å². The van der Waals surface area contributed by atoms with Gasteiger partial charge in [-0.25, -0.2) is 0 Å². The molecule has 0 saturated heterocycles. The van der Waals surface area contributed by atoms with Gasteiger partial charge in [0.1, 0.15) is 0 Å². The zero-order valence-electron chi connectivity index (χ0n) is 8.51. The van der Waals surface area contributed by atoms with E-state index in [0.29, 0.717) is 5.41 Å². The maximum atomic E-state index is 5.77. The second-order valence-electron chi connectivity index (χ2n) is 5.45. The van der Waals surface area contributed by atoms with Gasteiger partial charge >= 0.3 is 0 Å². The highest BCUT2D eigenvalue weighted by atomic mass is 14.7. The standard InChI is InChI=1S/C11H21N/c1-7-8(6-12)4-9-5-10(7)11(9,2)3/h7-10H,4-6,12H2,1-3H3/t7-,8-,9+,10+/m0/s1. The third kappa shape index (κ3) is 0.891. The molecule has 0 aromatic carbocycles. The molecule has 0 spiro atoms. The topological polar surface area (TPSA) is 26.0 Å². The molecule has 0 unspecified atom stereocenters. The minimum Gasteiger partial charge on any atom is -0.330 e. The molecule has 2 N–H and O–H groups in total. The van der Waals surface area contributed by atoms with Crippen LogP contribution in [0.25, 0.3) is 0 Å². The first kappa shape index (κ1) is 8.55. The van der Waals surface area contributed by atoms with E-state index in [4.69, 9.17) is 5.73 Å². The van der Waals surface area contributed by atoms with E-state index in [1.807, 2.05) is 0 Å². The normalized spacial score (nSPS) is 50.0. The van der Waals surface area contributed by atoms with E-state index in [2.05, 4.69) is 20.8 Å². The van der Waals surface area contributed by atoms with E-state index in [0.717, 1.165) is 30.2 Å². The van der Waals surface area contributed by atoms with Crippen LogP contribution >= 0.6 is 0 Å². The summed E-state index contributed by atoms with van der Waals surface area (Å²) in [6.45, 7) is 8.19. The average Bonchev–Trinajstić information content (AvgIpc) is 2.03. The zero-order chi connectivity index (χ0) is 8.93. The van der Waals surface area contributed by atoms with Crippen molar-refractivity contribution in [2.45, 2.75) is 33.6 Å². The van der Waals surface area contributed by atoms with Gasteiger partial charge in [0.15, 0.2) is 0 Å². The van der Waals surface area contributed by atoms with Crippen molar-refractivity contribution in [3.8, 4) is 0 Å². The summed E-state index contributed by atoms with van der Waals surface area (Å²) in [7, 11) is 0. The molecule has 0 aliphatic heterocycles. The summed E-state index contributed by atoms with van der Waals surface area (Å²) in [5.74, 6) is 3.63. The molecule has 0 heterocycles. The van der Waals surface area contributed by atoms with E-state index in [9.17, 15) is 0 Å². The lowest BCUT2D eigenvalue weighted by molar-refractivity contribution is -0.126. The highest BCUT2D eigenvalue weighted by Gasteiger charge is 2.55. The van der Waals surface area contributed by atoms with Crippen molar-refractivity contribution in [3.63, 3.8) is 0 Å². The van der Waals surface area contributed by atoms with E-state index in [1.54, 1.807) is 0 Å². The van der Waals surface area contributed by atoms with Crippen LogP contribution < -0.4 is 5.73 Å². The number of hydrogen-bond acceptors (Lipinski definition) is 1. The van der Waals surface area contributed by atoms with Crippen LogP contribution in [0, 0.1) is 29.1 Å². The fraction of sp³-hybridized carbons (Fsp3) is 1.00. The fourth-order valence-corrected chi connectivity index (χ4v) is 3.57. The summed E-state index contributed by atoms with van der Waals surface area (Å²) in [5.41, 5.74) is 6.40. The first-order chi connectivity index (χ1) is 5.57. The smallest absolute Gasteiger partial charge is 0.00461 e. The molecule has 70 valence electrons. The molecule has 12 heavy (non-hydrogen) atoms. The molecule has 1 heteroatoms. The first-order valence-electron chi connectivity index (χ1n) is 5.27. The van der Waals surface area contributed by atoms with Crippen molar-refractivity contribution in [2.75, 3.05) is 6.54 Å². The van der Waals surface area contributed by atoms with Gasteiger partial charge in [0.2, 0.25) is 0 Å². The van der Waals surface area contributed by atoms with E-state index in [1.165, 1.54) is 12.8 Å². The zero-order valence-corrected chi connectivity index (χ0v) is 8.51. The third-order valence-corrected chi connectivity index (χ3v) is 4.81. The van der Waals surface area contributed by atoms with Gasteiger partial charge in [0.25, 0.3) is 0 Å². The van der Waals surface area contributed by atoms with Gasteiger partial charge < -0.3 is 5.73 Å². The van der Waals surface area contributed by atoms with Crippen LogP contribution in [0.2, 0.25) is 0 Å². The summed E-state index contributed by atoms with van der Waals surface area (Å²) in [6.07, 6.45) is 2.87. The van der Waals surface area contributed by atoms with Gasteiger partial charge in [-0.1, -0.05) is 20.8 Å². The van der Waals surface area contributed by atoms with Crippen molar-refractivity contribution in [2.24, 2.45) is 34.8 Å². The van der Waals surface area contributed by atoms with Gasteiger partial charge in [0.05, 0.1) is 0 Å². The summed E-state index contributed by atoms with van der Waals surface area (Å²) < 4.78 is 0. The SMILES string of the molecule is C[C@H]1[C@H](CN)C[C@@H]2C[C@H]1C2(C)C. The Morgan fingerprint density at radius 1 is 1.33 bits per heavy atom.